The fraction of sp³-hybridized carbons (Fsp3) is 0.409. The quantitative estimate of drug-likeness (QED) is 0.638. The van der Waals surface area contributed by atoms with Crippen LogP contribution in [0, 0.1) is 6.92 Å². The van der Waals surface area contributed by atoms with Crippen LogP contribution in [0.15, 0.2) is 40.8 Å². The molecule has 0 atom stereocenters. The summed E-state index contributed by atoms with van der Waals surface area (Å²) in [6, 6.07) is 8.12. The molecular formula is C22H27N3O2S. The SMILES string of the molecule is CCCC(C)(C)NC(=O)CCn1cnc2scc(-c3ccc(C)cc3)c2c1=O. The number of thiophene rings is 1. The summed E-state index contributed by atoms with van der Waals surface area (Å²) in [4.78, 5) is 30.5. The summed E-state index contributed by atoms with van der Waals surface area (Å²) >= 11 is 1.47. The topological polar surface area (TPSA) is 64.0 Å². The second-order valence-corrected chi connectivity index (χ2v) is 8.73. The largest absolute Gasteiger partial charge is 0.351 e. The van der Waals surface area contributed by atoms with Crippen molar-refractivity contribution in [2.45, 2.75) is 59.0 Å². The van der Waals surface area contributed by atoms with Gasteiger partial charge in [-0.15, -0.1) is 11.3 Å². The van der Waals surface area contributed by atoms with Crippen LogP contribution < -0.4 is 10.9 Å². The van der Waals surface area contributed by atoms with Gasteiger partial charge in [0.25, 0.3) is 5.56 Å². The van der Waals surface area contributed by atoms with E-state index in [1.54, 1.807) is 10.9 Å². The van der Waals surface area contributed by atoms with Crippen LogP contribution in [-0.2, 0) is 11.3 Å². The van der Waals surface area contributed by atoms with E-state index in [2.05, 4.69) is 17.2 Å². The molecule has 1 N–H and O–H groups in total. The number of carbonyl (C=O) groups is 1. The van der Waals surface area contributed by atoms with E-state index in [1.165, 1.54) is 16.9 Å². The third-order valence-electron chi connectivity index (χ3n) is 4.86. The Bertz CT molecular complexity index is 1030. The lowest BCUT2D eigenvalue weighted by molar-refractivity contribution is -0.123. The van der Waals surface area contributed by atoms with Crippen molar-refractivity contribution in [1.82, 2.24) is 14.9 Å². The lowest BCUT2D eigenvalue weighted by atomic mass is 9.99. The fourth-order valence-electron chi connectivity index (χ4n) is 3.42. The number of hydrogen-bond donors (Lipinski definition) is 1. The Kier molecular flexibility index (Phi) is 5.98. The summed E-state index contributed by atoms with van der Waals surface area (Å²) in [5, 5.41) is 5.66. The van der Waals surface area contributed by atoms with Crippen LogP contribution >= 0.6 is 11.3 Å². The number of nitrogens with zero attached hydrogens (tertiary/aromatic N) is 2. The lowest BCUT2D eigenvalue weighted by Crippen LogP contribution is -2.43. The number of nitrogens with one attached hydrogen (secondary N) is 1. The van der Waals surface area contributed by atoms with Crippen LogP contribution in [0.2, 0.25) is 0 Å². The van der Waals surface area contributed by atoms with Gasteiger partial charge in [0, 0.05) is 29.4 Å². The average molecular weight is 398 g/mol. The molecule has 0 unspecified atom stereocenters. The minimum atomic E-state index is -0.231. The lowest BCUT2D eigenvalue weighted by Gasteiger charge is -2.25. The monoisotopic (exact) mass is 397 g/mol. The average Bonchev–Trinajstić information content (AvgIpc) is 3.06. The van der Waals surface area contributed by atoms with Crippen LogP contribution in [0.3, 0.4) is 0 Å². The van der Waals surface area contributed by atoms with Gasteiger partial charge in [-0.1, -0.05) is 43.2 Å². The number of aryl methyl sites for hydroxylation is 2. The fourth-order valence-corrected chi connectivity index (χ4v) is 4.33. The zero-order chi connectivity index (χ0) is 20.3. The molecule has 6 heteroatoms. The number of benzene rings is 1. The number of carbonyl (C=O) groups excluding carboxylic acids is 1. The Morgan fingerprint density at radius 1 is 1.25 bits per heavy atom. The highest BCUT2D eigenvalue weighted by molar-refractivity contribution is 7.17. The van der Waals surface area contributed by atoms with Crippen molar-refractivity contribution in [2.75, 3.05) is 0 Å². The van der Waals surface area contributed by atoms with E-state index in [1.807, 2.05) is 50.4 Å². The Morgan fingerprint density at radius 3 is 2.64 bits per heavy atom. The maximum absolute atomic E-state index is 13.0. The minimum absolute atomic E-state index is 0.0467. The van der Waals surface area contributed by atoms with Crippen molar-refractivity contribution in [3.63, 3.8) is 0 Å². The molecule has 0 saturated heterocycles. The predicted molar refractivity (Wildman–Crippen MR) is 116 cm³/mol. The number of rotatable bonds is 7. The molecular weight excluding hydrogens is 370 g/mol. The van der Waals surface area contributed by atoms with Crippen LogP contribution in [0.5, 0.6) is 0 Å². The molecule has 0 saturated carbocycles. The van der Waals surface area contributed by atoms with E-state index in [9.17, 15) is 9.59 Å². The second-order valence-electron chi connectivity index (χ2n) is 7.87. The van der Waals surface area contributed by atoms with Gasteiger partial charge >= 0.3 is 0 Å². The Hall–Kier alpha value is -2.47. The molecule has 2 aromatic heterocycles. The van der Waals surface area contributed by atoms with Gasteiger partial charge in [-0.3, -0.25) is 14.2 Å². The molecule has 0 bridgehead atoms. The van der Waals surface area contributed by atoms with Crippen molar-refractivity contribution in [2.24, 2.45) is 0 Å². The third-order valence-corrected chi connectivity index (χ3v) is 5.74. The summed E-state index contributed by atoms with van der Waals surface area (Å²) in [5.74, 6) is -0.0467. The Morgan fingerprint density at radius 2 is 1.96 bits per heavy atom. The molecule has 0 fully saturated rings. The first-order valence-corrected chi connectivity index (χ1v) is 10.5. The van der Waals surface area contributed by atoms with Crippen molar-refractivity contribution >= 4 is 27.5 Å². The van der Waals surface area contributed by atoms with Gasteiger partial charge in [0.2, 0.25) is 5.91 Å². The normalized spacial score (nSPS) is 11.7. The maximum atomic E-state index is 13.0. The standard InChI is InChI=1S/C22H27N3O2S/c1-5-11-22(3,4)24-18(26)10-12-25-14-23-20-19(21(25)27)17(13-28-20)16-8-6-15(2)7-9-16/h6-9,13-14H,5,10-12H2,1-4H3,(H,24,26). The molecule has 0 spiro atoms. The number of hydrogen-bond acceptors (Lipinski definition) is 4. The highest BCUT2D eigenvalue weighted by Gasteiger charge is 2.19. The molecule has 0 aliphatic rings. The molecule has 0 aliphatic carbocycles. The van der Waals surface area contributed by atoms with Crippen LogP contribution in [0.1, 0.15) is 45.6 Å². The highest BCUT2D eigenvalue weighted by Crippen LogP contribution is 2.30. The van der Waals surface area contributed by atoms with Crippen molar-refractivity contribution < 1.29 is 4.79 Å². The van der Waals surface area contributed by atoms with Crippen molar-refractivity contribution in [3.05, 3.63) is 51.9 Å². The Balaban J connectivity index is 1.82. The van der Waals surface area contributed by atoms with E-state index in [0.29, 0.717) is 11.9 Å². The molecule has 2 heterocycles. The van der Waals surface area contributed by atoms with Gasteiger partial charge in [-0.05, 0) is 32.8 Å². The molecule has 0 radical (unpaired) electrons. The summed E-state index contributed by atoms with van der Waals surface area (Å²) in [6.07, 6.45) is 3.73. The van der Waals surface area contributed by atoms with Crippen LogP contribution in [-0.4, -0.2) is 21.0 Å². The Labute approximate surface area is 169 Å². The molecule has 5 nitrogen and oxygen atoms in total. The maximum Gasteiger partial charge on any atom is 0.262 e. The minimum Gasteiger partial charge on any atom is -0.351 e. The summed E-state index contributed by atoms with van der Waals surface area (Å²) < 4.78 is 1.54. The molecule has 3 rings (SSSR count). The number of fused-ring (bicyclic) bond motifs is 1. The van der Waals surface area contributed by atoms with Gasteiger partial charge < -0.3 is 5.32 Å². The molecule has 28 heavy (non-hydrogen) atoms. The molecule has 0 aliphatic heterocycles. The third kappa shape index (κ3) is 4.50. The van der Waals surface area contributed by atoms with Gasteiger partial charge in [-0.25, -0.2) is 4.98 Å². The smallest absolute Gasteiger partial charge is 0.262 e. The van der Waals surface area contributed by atoms with Gasteiger partial charge in [0.05, 0.1) is 11.7 Å². The number of aromatic nitrogens is 2. The predicted octanol–water partition coefficient (Wildman–Crippen LogP) is 4.52. The van der Waals surface area contributed by atoms with Gasteiger partial charge in [-0.2, -0.15) is 0 Å². The van der Waals surface area contributed by atoms with E-state index in [-0.39, 0.29) is 23.4 Å². The van der Waals surface area contributed by atoms with Gasteiger partial charge in [0.1, 0.15) is 4.83 Å². The molecule has 1 aromatic carbocycles. The molecule has 3 aromatic rings. The second kappa shape index (κ2) is 8.27. The zero-order valence-electron chi connectivity index (χ0n) is 16.9. The van der Waals surface area contributed by atoms with Crippen LogP contribution in [0.25, 0.3) is 21.3 Å². The highest BCUT2D eigenvalue weighted by atomic mass is 32.1. The van der Waals surface area contributed by atoms with Crippen molar-refractivity contribution in [1.29, 1.82) is 0 Å². The van der Waals surface area contributed by atoms with Crippen LogP contribution in [0.4, 0.5) is 0 Å². The first-order valence-electron chi connectivity index (χ1n) is 9.65. The first kappa shape index (κ1) is 20.3. The van der Waals surface area contributed by atoms with Gasteiger partial charge in [0.15, 0.2) is 0 Å². The van der Waals surface area contributed by atoms with E-state index in [4.69, 9.17) is 0 Å². The zero-order valence-corrected chi connectivity index (χ0v) is 17.7. The first-order chi connectivity index (χ1) is 13.3. The summed E-state index contributed by atoms with van der Waals surface area (Å²) in [7, 11) is 0. The summed E-state index contributed by atoms with van der Waals surface area (Å²) in [5.41, 5.74) is 2.76. The summed E-state index contributed by atoms with van der Waals surface area (Å²) in [6.45, 7) is 8.50. The molecule has 1 amide bonds. The van der Waals surface area contributed by atoms with E-state index < -0.39 is 0 Å². The number of amides is 1. The van der Waals surface area contributed by atoms with E-state index in [0.717, 1.165) is 28.8 Å². The van der Waals surface area contributed by atoms with E-state index >= 15 is 0 Å². The van der Waals surface area contributed by atoms with Crippen molar-refractivity contribution in [3.8, 4) is 11.1 Å². The molecule has 148 valence electrons.